The molecule has 0 saturated heterocycles. The Kier molecular flexibility index (Phi) is 5.58. The number of rotatable bonds is 5. The Morgan fingerprint density at radius 2 is 1.71 bits per heavy atom. The van der Waals surface area contributed by atoms with Crippen molar-refractivity contribution in [3.05, 3.63) is 105 Å². The summed E-state index contributed by atoms with van der Waals surface area (Å²) in [5.74, 6) is 0.540. The van der Waals surface area contributed by atoms with E-state index in [1.54, 1.807) is 24.1 Å². The Labute approximate surface area is 180 Å². The summed E-state index contributed by atoms with van der Waals surface area (Å²) in [6, 6.07) is 22.5. The fraction of sp³-hybridized carbons (Fsp3) is 0.154. The molecule has 1 N–H and O–H groups in total. The second-order valence-corrected chi connectivity index (χ2v) is 7.62. The number of anilines is 1. The van der Waals surface area contributed by atoms with Crippen LogP contribution in [0.3, 0.4) is 0 Å². The SMILES string of the molecule is COc1ccc(N(Cc2cc3cc(C)ccc3[nH]c2=O)C(=O)c2ccccc2C)cc1. The van der Waals surface area contributed by atoms with Gasteiger partial charge in [0.1, 0.15) is 5.75 Å². The van der Waals surface area contributed by atoms with Crippen molar-refractivity contribution in [3.8, 4) is 5.75 Å². The van der Waals surface area contributed by atoms with Gasteiger partial charge in [-0.3, -0.25) is 9.59 Å². The number of amides is 1. The molecule has 4 rings (SSSR count). The van der Waals surface area contributed by atoms with E-state index in [0.29, 0.717) is 22.6 Å². The molecule has 5 heteroatoms. The highest BCUT2D eigenvalue weighted by Crippen LogP contribution is 2.24. The Morgan fingerprint density at radius 1 is 0.968 bits per heavy atom. The number of aryl methyl sites for hydroxylation is 2. The van der Waals surface area contributed by atoms with Gasteiger partial charge in [0, 0.05) is 22.3 Å². The van der Waals surface area contributed by atoms with Crippen LogP contribution in [0.2, 0.25) is 0 Å². The highest BCUT2D eigenvalue weighted by atomic mass is 16.5. The average Bonchev–Trinajstić information content (AvgIpc) is 2.78. The number of H-pyrrole nitrogens is 1. The molecular weight excluding hydrogens is 388 g/mol. The van der Waals surface area contributed by atoms with Crippen LogP contribution in [0.4, 0.5) is 5.69 Å². The highest BCUT2D eigenvalue weighted by molar-refractivity contribution is 6.07. The van der Waals surface area contributed by atoms with Gasteiger partial charge in [-0.2, -0.15) is 0 Å². The Hall–Kier alpha value is -3.86. The monoisotopic (exact) mass is 412 g/mol. The molecule has 0 aliphatic carbocycles. The van der Waals surface area contributed by atoms with E-state index in [2.05, 4.69) is 4.98 Å². The summed E-state index contributed by atoms with van der Waals surface area (Å²) in [6.07, 6.45) is 0. The number of nitrogens with zero attached hydrogens (tertiary/aromatic N) is 1. The molecule has 31 heavy (non-hydrogen) atoms. The number of fused-ring (bicyclic) bond motifs is 1. The molecule has 0 aliphatic heterocycles. The molecule has 0 saturated carbocycles. The average molecular weight is 412 g/mol. The van der Waals surface area contributed by atoms with Crippen LogP contribution in [-0.4, -0.2) is 18.0 Å². The van der Waals surface area contributed by atoms with Crippen LogP contribution in [0.5, 0.6) is 5.75 Å². The van der Waals surface area contributed by atoms with E-state index in [1.807, 2.05) is 74.5 Å². The van der Waals surface area contributed by atoms with Crippen molar-refractivity contribution in [2.75, 3.05) is 12.0 Å². The minimum Gasteiger partial charge on any atom is -0.497 e. The van der Waals surface area contributed by atoms with Gasteiger partial charge in [-0.1, -0.05) is 29.8 Å². The fourth-order valence-electron chi connectivity index (χ4n) is 3.66. The topological polar surface area (TPSA) is 62.4 Å². The lowest BCUT2D eigenvalue weighted by Gasteiger charge is -2.24. The number of nitrogens with one attached hydrogen (secondary N) is 1. The van der Waals surface area contributed by atoms with Crippen molar-refractivity contribution in [1.29, 1.82) is 0 Å². The first kappa shape index (κ1) is 20.4. The first-order chi connectivity index (χ1) is 15.0. The second kappa shape index (κ2) is 8.48. The van der Waals surface area contributed by atoms with Crippen LogP contribution < -0.4 is 15.2 Å². The Bertz CT molecular complexity index is 1310. The molecule has 0 fully saturated rings. The molecule has 1 amide bonds. The maximum absolute atomic E-state index is 13.5. The third kappa shape index (κ3) is 4.21. The van der Waals surface area contributed by atoms with Gasteiger partial charge in [0.05, 0.1) is 13.7 Å². The lowest BCUT2D eigenvalue weighted by molar-refractivity contribution is 0.0984. The normalized spacial score (nSPS) is 10.8. The van der Waals surface area contributed by atoms with Gasteiger partial charge in [-0.25, -0.2) is 0 Å². The summed E-state index contributed by atoms with van der Waals surface area (Å²) in [5.41, 5.74) is 4.38. The zero-order valence-electron chi connectivity index (χ0n) is 17.8. The number of aromatic amines is 1. The minimum absolute atomic E-state index is 0.151. The van der Waals surface area contributed by atoms with E-state index in [9.17, 15) is 9.59 Å². The molecule has 1 aromatic heterocycles. The second-order valence-electron chi connectivity index (χ2n) is 7.62. The van der Waals surface area contributed by atoms with Crippen LogP contribution in [0.15, 0.2) is 77.6 Å². The lowest BCUT2D eigenvalue weighted by atomic mass is 10.1. The van der Waals surface area contributed by atoms with Crippen LogP contribution >= 0.6 is 0 Å². The molecule has 4 aromatic rings. The van der Waals surface area contributed by atoms with E-state index in [4.69, 9.17) is 4.74 Å². The molecule has 5 nitrogen and oxygen atoms in total. The predicted octanol–water partition coefficient (Wildman–Crippen LogP) is 5.00. The molecule has 0 radical (unpaired) electrons. The molecule has 156 valence electrons. The number of ether oxygens (including phenoxy) is 1. The number of methoxy groups -OCH3 is 1. The summed E-state index contributed by atoms with van der Waals surface area (Å²) in [7, 11) is 1.60. The van der Waals surface area contributed by atoms with E-state index in [0.717, 1.165) is 22.0 Å². The maximum Gasteiger partial charge on any atom is 0.258 e. The number of hydrogen-bond acceptors (Lipinski definition) is 3. The number of aromatic nitrogens is 1. The molecule has 0 aliphatic rings. The predicted molar refractivity (Wildman–Crippen MR) is 124 cm³/mol. The molecule has 0 unspecified atom stereocenters. The van der Waals surface area contributed by atoms with Gasteiger partial charge in [0.2, 0.25) is 0 Å². The Balaban J connectivity index is 1.80. The summed E-state index contributed by atoms with van der Waals surface area (Å²) in [6.45, 7) is 4.07. The van der Waals surface area contributed by atoms with Crippen molar-refractivity contribution < 1.29 is 9.53 Å². The molecule has 0 bridgehead atoms. The van der Waals surface area contributed by atoms with Gasteiger partial charge in [0.25, 0.3) is 11.5 Å². The van der Waals surface area contributed by atoms with Crippen molar-refractivity contribution in [1.82, 2.24) is 4.98 Å². The van der Waals surface area contributed by atoms with Crippen molar-refractivity contribution in [2.45, 2.75) is 20.4 Å². The number of benzene rings is 3. The van der Waals surface area contributed by atoms with Gasteiger partial charge in [-0.05, 0) is 73.3 Å². The van der Waals surface area contributed by atoms with Gasteiger partial charge in [0.15, 0.2) is 0 Å². The third-order valence-corrected chi connectivity index (χ3v) is 5.41. The number of carbonyl (C=O) groups is 1. The smallest absolute Gasteiger partial charge is 0.258 e. The summed E-state index contributed by atoms with van der Waals surface area (Å²) in [5, 5.41) is 0.938. The zero-order chi connectivity index (χ0) is 22.0. The molecule has 0 atom stereocenters. The van der Waals surface area contributed by atoms with Crippen LogP contribution in [0, 0.1) is 13.8 Å². The van der Waals surface area contributed by atoms with Crippen LogP contribution in [-0.2, 0) is 6.54 Å². The number of carbonyl (C=O) groups excluding carboxylic acids is 1. The number of hydrogen-bond donors (Lipinski definition) is 1. The van der Waals surface area contributed by atoms with E-state index in [1.165, 1.54) is 0 Å². The van der Waals surface area contributed by atoms with Crippen molar-refractivity contribution >= 4 is 22.5 Å². The summed E-state index contributed by atoms with van der Waals surface area (Å²) < 4.78 is 5.25. The number of pyridine rings is 1. The standard InChI is InChI=1S/C26H24N2O3/c1-17-8-13-24-19(14-17)15-20(25(29)27-24)16-28(21-9-11-22(31-3)12-10-21)26(30)23-7-5-4-6-18(23)2/h4-15H,16H2,1-3H3,(H,27,29). The minimum atomic E-state index is -0.201. The van der Waals surface area contributed by atoms with Crippen molar-refractivity contribution in [3.63, 3.8) is 0 Å². The van der Waals surface area contributed by atoms with Gasteiger partial charge < -0.3 is 14.6 Å². The van der Waals surface area contributed by atoms with E-state index >= 15 is 0 Å². The molecule has 0 spiro atoms. The fourth-order valence-corrected chi connectivity index (χ4v) is 3.66. The first-order valence-corrected chi connectivity index (χ1v) is 10.1. The quantitative estimate of drug-likeness (QED) is 0.502. The third-order valence-electron chi connectivity index (χ3n) is 5.41. The maximum atomic E-state index is 13.5. The molecular formula is C26H24N2O3. The van der Waals surface area contributed by atoms with Crippen molar-refractivity contribution in [2.24, 2.45) is 0 Å². The van der Waals surface area contributed by atoms with Crippen LogP contribution in [0.25, 0.3) is 10.9 Å². The lowest BCUT2D eigenvalue weighted by Crippen LogP contribution is -2.33. The Morgan fingerprint density at radius 3 is 2.42 bits per heavy atom. The molecule has 1 heterocycles. The van der Waals surface area contributed by atoms with Gasteiger partial charge >= 0.3 is 0 Å². The largest absolute Gasteiger partial charge is 0.497 e. The zero-order valence-corrected chi connectivity index (χ0v) is 17.8. The van der Waals surface area contributed by atoms with Gasteiger partial charge in [-0.15, -0.1) is 0 Å². The van der Waals surface area contributed by atoms with Crippen LogP contribution in [0.1, 0.15) is 27.0 Å². The highest BCUT2D eigenvalue weighted by Gasteiger charge is 2.21. The summed E-state index contributed by atoms with van der Waals surface area (Å²) in [4.78, 5) is 30.9. The van der Waals surface area contributed by atoms with E-state index in [-0.39, 0.29) is 18.0 Å². The molecule has 3 aromatic carbocycles. The first-order valence-electron chi connectivity index (χ1n) is 10.1. The van der Waals surface area contributed by atoms with E-state index < -0.39 is 0 Å². The summed E-state index contributed by atoms with van der Waals surface area (Å²) >= 11 is 0.